The zero-order valence-electron chi connectivity index (χ0n) is 14.9. The van der Waals surface area contributed by atoms with Crippen molar-refractivity contribution in [3.63, 3.8) is 0 Å². The predicted molar refractivity (Wildman–Crippen MR) is 99.6 cm³/mol. The highest BCUT2D eigenvalue weighted by molar-refractivity contribution is 5.96. The van der Waals surface area contributed by atoms with Gasteiger partial charge in [-0.25, -0.2) is 4.39 Å². The van der Waals surface area contributed by atoms with E-state index < -0.39 is 5.82 Å². The Bertz CT molecular complexity index is 610. The summed E-state index contributed by atoms with van der Waals surface area (Å²) in [4.78, 5) is 24.0. The Balaban J connectivity index is 0.00000312. The molecule has 25 heavy (non-hydrogen) atoms. The predicted octanol–water partition coefficient (Wildman–Crippen LogP) is 2.96. The monoisotopic (exact) mass is 371 g/mol. The van der Waals surface area contributed by atoms with Crippen LogP contribution >= 0.6 is 12.4 Å². The Hall–Kier alpha value is -1.66. The molecule has 0 aromatic heterocycles. The van der Waals surface area contributed by atoms with Crippen LogP contribution in [0.2, 0.25) is 0 Å². The average Bonchev–Trinajstić information content (AvgIpc) is 2.50. The molecule has 0 saturated carbocycles. The molecule has 0 spiro atoms. The van der Waals surface area contributed by atoms with Crippen molar-refractivity contribution in [3.8, 4) is 0 Å². The average molecular weight is 372 g/mol. The van der Waals surface area contributed by atoms with Gasteiger partial charge in [-0.15, -0.1) is 12.4 Å². The van der Waals surface area contributed by atoms with E-state index in [1.807, 2.05) is 13.8 Å². The van der Waals surface area contributed by atoms with Gasteiger partial charge in [-0.05, 0) is 43.0 Å². The van der Waals surface area contributed by atoms with Gasteiger partial charge in [0.1, 0.15) is 5.82 Å². The van der Waals surface area contributed by atoms with Gasteiger partial charge in [0.2, 0.25) is 5.91 Å². The van der Waals surface area contributed by atoms with Crippen molar-refractivity contribution in [2.75, 3.05) is 18.4 Å². The van der Waals surface area contributed by atoms with Crippen molar-refractivity contribution in [1.82, 2.24) is 10.6 Å². The summed E-state index contributed by atoms with van der Waals surface area (Å²) in [5.41, 5.74) is 0.358. The second-order valence-electron chi connectivity index (χ2n) is 6.89. The van der Waals surface area contributed by atoms with E-state index in [1.54, 1.807) is 0 Å². The molecule has 2 rings (SSSR count). The number of hydrogen-bond donors (Lipinski definition) is 3. The van der Waals surface area contributed by atoms with E-state index in [-0.39, 0.29) is 47.4 Å². The highest BCUT2D eigenvalue weighted by Crippen LogP contribution is 2.18. The molecule has 1 heterocycles. The Labute approximate surface area is 154 Å². The maximum atomic E-state index is 14.2. The van der Waals surface area contributed by atoms with Gasteiger partial charge < -0.3 is 16.0 Å². The lowest BCUT2D eigenvalue weighted by molar-refractivity contribution is -0.116. The smallest absolute Gasteiger partial charge is 0.251 e. The first kappa shape index (κ1) is 21.4. The minimum absolute atomic E-state index is 0. The van der Waals surface area contributed by atoms with Crippen molar-refractivity contribution in [2.24, 2.45) is 11.8 Å². The van der Waals surface area contributed by atoms with Crippen LogP contribution in [0.15, 0.2) is 18.2 Å². The molecule has 1 aromatic rings. The molecule has 5 nitrogen and oxygen atoms in total. The van der Waals surface area contributed by atoms with Crippen LogP contribution in [0.4, 0.5) is 10.1 Å². The maximum Gasteiger partial charge on any atom is 0.251 e. The Morgan fingerprint density at radius 1 is 1.36 bits per heavy atom. The van der Waals surface area contributed by atoms with Crippen molar-refractivity contribution in [1.29, 1.82) is 0 Å². The van der Waals surface area contributed by atoms with Crippen molar-refractivity contribution in [3.05, 3.63) is 29.6 Å². The zero-order valence-corrected chi connectivity index (χ0v) is 15.7. The standard InChI is InChI=1S/C18H26FN3O2.ClH/c1-11(2)8-17(23)21-15-5-4-13(9-14(15)19)18(24)22-16-10-20-7-6-12(16)3;/h4-5,9,11-12,16,20H,6-8,10H2,1-3H3,(H,21,23)(H,22,24);1H. The molecule has 1 aliphatic rings. The fourth-order valence-electron chi connectivity index (χ4n) is 2.76. The number of benzene rings is 1. The van der Waals surface area contributed by atoms with E-state index in [9.17, 15) is 14.0 Å². The van der Waals surface area contributed by atoms with E-state index in [4.69, 9.17) is 0 Å². The topological polar surface area (TPSA) is 70.2 Å². The Kier molecular flexibility index (Phi) is 8.32. The summed E-state index contributed by atoms with van der Waals surface area (Å²) in [6.07, 6.45) is 1.33. The van der Waals surface area contributed by atoms with Crippen molar-refractivity contribution < 1.29 is 14.0 Å². The summed E-state index contributed by atoms with van der Waals surface area (Å²) < 4.78 is 14.2. The Morgan fingerprint density at radius 3 is 2.68 bits per heavy atom. The lowest BCUT2D eigenvalue weighted by atomic mass is 9.94. The number of rotatable bonds is 5. The van der Waals surface area contributed by atoms with Crippen LogP contribution in [0.1, 0.15) is 44.0 Å². The number of nitrogens with one attached hydrogen (secondary N) is 3. The quantitative estimate of drug-likeness (QED) is 0.745. The first-order valence-electron chi connectivity index (χ1n) is 8.47. The molecule has 2 unspecified atom stereocenters. The van der Waals surface area contributed by atoms with E-state index >= 15 is 0 Å². The van der Waals surface area contributed by atoms with E-state index in [2.05, 4.69) is 22.9 Å². The number of anilines is 1. The largest absolute Gasteiger partial charge is 0.348 e. The fourth-order valence-corrected chi connectivity index (χ4v) is 2.76. The summed E-state index contributed by atoms with van der Waals surface area (Å²) in [6, 6.07) is 4.18. The first-order valence-corrected chi connectivity index (χ1v) is 8.47. The molecule has 1 aromatic carbocycles. The van der Waals surface area contributed by atoms with Gasteiger partial charge >= 0.3 is 0 Å². The molecule has 140 valence electrons. The van der Waals surface area contributed by atoms with Crippen molar-refractivity contribution in [2.45, 2.75) is 39.7 Å². The van der Waals surface area contributed by atoms with Crippen LogP contribution in [-0.4, -0.2) is 30.9 Å². The third-order valence-electron chi connectivity index (χ3n) is 4.24. The molecule has 3 N–H and O–H groups in total. The minimum atomic E-state index is -0.602. The first-order chi connectivity index (χ1) is 11.4. The highest BCUT2D eigenvalue weighted by atomic mass is 35.5. The molecular formula is C18H27ClFN3O2. The molecule has 0 bridgehead atoms. The number of amides is 2. The molecular weight excluding hydrogens is 345 g/mol. The van der Waals surface area contributed by atoms with Crippen LogP contribution < -0.4 is 16.0 Å². The lowest BCUT2D eigenvalue weighted by Gasteiger charge is -2.30. The second kappa shape index (κ2) is 9.73. The van der Waals surface area contributed by atoms with Crippen LogP contribution in [0.5, 0.6) is 0 Å². The summed E-state index contributed by atoms with van der Waals surface area (Å²) in [7, 11) is 0. The molecule has 1 fully saturated rings. The summed E-state index contributed by atoms with van der Waals surface area (Å²) in [5.74, 6) is -0.550. The summed E-state index contributed by atoms with van der Waals surface area (Å²) in [6.45, 7) is 7.61. The normalized spacial score (nSPS) is 19.9. The summed E-state index contributed by atoms with van der Waals surface area (Å²) in [5, 5.41) is 8.73. The van der Waals surface area contributed by atoms with Gasteiger partial charge in [-0.3, -0.25) is 9.59 Å². The third-order valence-corrected chi connectivity index (χ3v) is 4.24. The number of piperidine rings is 1. The van der Waals surface area contributed by atoms with E-state index in [1.165, 1.54) is 18.2 Å². The number of carbonyl (C=O) groups is 2. The number of carbonyl (C=O) groups excluding carboxylic acids is 2. The van der Waals surface area contributed by atoms with Crippen LogP contribution in [0.3, 0.4) is 0 Å². The molecule has 2 amide bonds. The highest BCUT2D eigenvalue weighted by Gasteiger charge is 2.23. The third kappa shape index (κ3) is 6.29. The minimum Gasteiger partial charge on any atom is -0.348 e. The van der Waals surface area contributed by atoms with Gasteiger partial charge in [0, 0.05) is 24.6 Å². The number of halogens is 2. The van der Waals surface area contributed by atoms with Crippen LogP contribution in [0.25, 0.3) is 0 Å². The van der Waals surface area contributed by atoms with Gasteiger partial charge in [0.25, 0.3) is 5.91 Å². The van der Waals surface area contributed by atoms with E-state index in [0.29, 0.717) is 12.3 Å². The molecule has 1 saturated heterocycles. The SMILES string of the molecule is CC(C)CC(=O)Nc1ccc(C(=O)NC2CNCCC2C)cc1F.Cl. The molecule has 7 heteroatoms. The lowest BCUT2D eigenvalue weighted by Crippen LogP contribution is -2.50. The summed E-state index contributed by atoms with van der Waals surface area (Å²) >= 11 is 0. The Morgan fingerprint density at radius 2 is 2.08 bits per heavy atom. The molecule has 0 aliphatic carbocycles. The van der Waals surface area contributed by atoms with Crippen LogP contribution in [-0.2, 0) is 4.79 Å². The fraction of sp³-hybridized carbons (Fsp3) is 0.556. The van der Waals surface area contributed by atoms with Crippen molar-refractivity contribution >= 4 is 29.9 Å². The van der Waals surface area contributed by atoms with Gasteiger partial charge in [0.15, 0.2) is 0 Å². The van der Waals surface area contributed by atoms with E-state index in [0.717, 1.165) is 19.5 Å². The number of hydrogen-bond acceptors (Lipinski definition) is 3. The van der Waals surface area contributed by atoms with Gasteiger partial charge in [-0.1, -0.05) is 20.8 Å². The van der Waals surface area contributed by atoms with Gasteiger partial charge in [-0.2, -0.15) is 0 Å². The van der Waals surface area contributed by atoms with Crippen LogP contribution in [0, 0.1) is 17.7 Å². The maximum absolute atomic E-state index is 14.2. The zero-order chi connectivity index (χ0) is 17.7. The van der Waals surface area contributed by atoms with Gasteiger partial charge in [0.05, 0.1) is 5.69 Å². The second-order valence-corrected chi connectivity index (χ2v) is 6.89. The molecule has 1 aliphatic heterocycles. The molecule has 0 radical (unpaired) electrons. The molecule has 2 atom stereocenters.